The smallest absolute Gasteiger partial charge is 0.462 e. The zero-order chi connectivity index (χ0) is 53.8. The molecule has 0 aromatic heterocycles. The number of nitrogens with two attached hydrogens (primary N) is 1. The van der Waals surface area contributed by atoms with Gasteiger partial charge >= 0.3 is 19.8 Å². The first-order chi connectivity index (χ1) is 36.3. The van der Waals surface area contributed by atoms with Crippen molar-refractivity contribution in [2.24, 2.45) is 5.73 Å². The first-order valence-electron chi connectivity index (χ1n) is 32.7. The van der Waals surface area contributed by atoms with Gasteiger partial charge in [-0.05, 0) is 38.5 Å². The molecule has 0 radical (unpaired) electrons. The van der Waals surface area contributed by atoms with Gasteiger partial charge in [0.15, 0.2) is 6.10 Å². The third kappa shape index (κ3) is 60.0. The van der Waals surface area contributed by atoms with E-state index in [-0.39, 0.29) is 38.6 Å². The van der Waals surface area contributed by atoms with Gasteiger partial charge in [-0.15, -0.1) is 0 Å². The summed E-state index contributed by atoms with van der Waals surface area (Å²) in [6.07, 6.45) is 71.6. The molecule has 0 aliphatic heterocycles. The molecule has 2 unspecified atom stereocenters. The average molecular weight is 1070 g/mol. The van der Waals surface area contributed by atoms with Gasteiger partial charge in [0.2, 0.25) is 0 Å². The molecule has 0 aromatic carbocycles. The SMILES string of the molecule is CCCCCCCCCC/C=C\CCCCCCCCCCCC(=O)OC(COC(=O)CCCCCCCCCCCCCCCCCCCCCCCCCCCCCCCCCC)COP(=O)(O)OCCN. The lowest BCUT2D eigenvalue weighted by Gasteiger charge is -2.19. The van der Waals surface area contributed by atoms with Crippen LogP contribution in [0.5, 0.6) is 0 Å². The van der Waals surface area contributed by atoms with E-state index in [1.54, 1.807) is 0 Å². The lowest BCUT2D eigenvalue weighted by molar-refractivity contribution is -0.161. The number of hydrogen-bond acceptors (Lipinski definition) is 8. The maximum Gasteiger partial charge on any atom is 0.472 e. The van der Waals surface area contributed by atoms with Crippen molar-refractivity contribution < 1.29 is 37.6 Å². The molecule has 0 amide bonds. The van der Waals surface area contributed by atoms with Crippen molar-refractivity contribution in [1.82, 2.24) is 0 Å². The van der Waals surface area contributed by atoms with Crippen LogP contribution in [0.4, 0.5) is 0 Å². The van der Waals surface area contributed by atoms with Crippen LogP contribution in [0.15, 0.2) is 12.2 Å². The monoisotopic (exact) mass is 1070 g/mol. The van der Waals surface area contributed by atoms with Gasteiger partial charge in [-0.25, -0.2) is 4.57 Å². The van der Waals surface area contributed by atoms with Crippen LogP contribution < -0.4 is 5.73 Å². The van der Waals surface area contributed by atoms with E-state index < -0.39 is 26.5 Å². The highest BCUT2D eigenvalue weighted by Gasteiger charge is 2.26. The second-order valence-corrected chi connectivity index (χ2v) is 23.8. The number of rotatable bonds is 63. The van der Waals surface area contributed by atoms with Crippen molar-refractivity contribution in [1.29, 1.82) is 0 Å². The van der Waals surface area contributed by atoms with Gasteiger partial charge in [0.05, 0.1) is 13.2 Å². The first-order valence-corrected chi connectivity index (χ1v) is 34.2. The zero-order valence-electron chi connectivity index (χ0n) is 49.4. The maximum atomic E-state index is 12.7. The molecule has 10 heteroatoms. The van der Waals surface area contributed by atoms with E-state index in [0.717, 1.165) is 38.5 Å². The normalized spacial score (nSPS) is 13.0. The van der Waals surface area contributed by atoms with Crippen LogP contribution in [-0.2, 0) is 32.7 Å². The van der Waals surface area contributed by atoms with Crippen molar-refractivity contribution >= 4 is 19.8 Å². The van der Waals surface area contributed by atoms with Gasteiger partial charge < -0.3 is 20.1 Å². The van der Waals surface area contributed by atoms with Crippen molar-refractivity contribution in [2.45, 2.75) is 360 Å². The topological polar surface area (TPSA) is 134 Å². The van der Waals surface area contributed by atoms with Crippen molar-refractivity contribution in [3.63, 3.8) is 0 Å². The molecule has 0 heterocycles. The lowest BCUT2D eigenvalue weighted by Crippen LogP contribution is -2.29. The maximum absolute atomic E-state index is 12.7. The number of hydrogen-bond donors (Lipinski definition) is 2. The van der Waals surface area contributed by atoms with E-state index >= 15 is 0 Å². The molecule has 0 spiro atoms. The summed E-state index contributed by atoms with van der Waals surface area (Å²) in [6.45, 7) is 3.82. The summed E-state index contributed by atoms with van der Waals surface area (Å²) >= 11 is 0. The van der Waals surface area contributed by atoms with E-state index in [2.05, 4.69) is 26.0 Å². The second kappa shape index (κ2) is 61.0. The van der Waals surface area contributed by atoms with Gasteiger partial charge in [0.25, 0.3) is 0 Å². The van der Waals surface area contributed by atoms with Crippen molar-refractivity contribution in [3.05, 3.63) is 12.2 Å². The molecule has 440 valence electrons. The minimum absolute atomic E-state index is 0.0565. The van der Waals surface area contributed by atoms with Crippen LogP contribution >= 0.6 is 7.82 Å². The summed E-state index contributed by atoms with van der Waals surface area (Å²) in [5.41, 5.74) is 5.39. The molecule has 9 nitrogen and oxygen atoms in total. The lowest BCUT2D eigenvalue weighted by atomic mass is 10.0. The number of esters is 2. The summed E-state index contributed by atoms with van der Waals surface area (Å²) < 4.78 is 33.1. The third-order valence-corrected chi connectivity index (χ3v) is 15.9. The molecule has 0 rings (SSSR count). The summed E-state index contributed by atoms with van der Waals surface area (Å²) in [5.74, 6) is -0.808. The van der Waals surface area contributed by atoms with Gasteiger partial charge in [-0.2, -0.15) is 0 Å². The van der Waals surface area contributed by atoms with E-state index in [9.17, 15) is 19.0 Å². The predicted molar refractivity (Wildman–Crippen MR) is 317 cm³/mol. The minimum atomic E-state index is -4.39. The fraction of sp³-hybridized carbons (Fsp3) is 0.938. The Morgan fingerprint density at radius 2 is 0.662 bits per heavy atom. The van der Waals surface area contributed by atoms with Crippen LogP contribution in [0.1, 0.15) is 354 Å². The molecule has 0 aliphatic rings. The van der Waals surface area contributed by atoms with Gasteiger partial charge in [0.1, 0.15) is 6.61 Å². The molecule has 0 aromatic rings. The number of allylic oxidation sites excluding steroid dienone is 2. The van der Waals surface area contributed by atoms with Crippen LogP contribution in [0, 0.1) is 0 Å². The van der Waals surface area contributed by atoms with Crippen LogP contribution in [0.25, 0.3) is 0 Å². The Bertz CT molecular complexity index is 1220. The van der Waals surface area contributed by atoms with E-state index in [4.69, 9.17) is 24.3 Å². The summed E-state index contributed by atoms with van der Waals surface area (Å²) in [6, 6.07) is 0. The molecule has 3 N–H and O–H groups in total. The molecule has 0 fully saturated rings. The Labute approximate surface area is 460 Å². The molecule has 0 saturated heterocycles. The molecular weight excluding hydrogens is 942 g/mol. The van der Waals surface area contributed by atoms with E-state index in [1.165, 1.54) is 283 Å². The zero-order valence-corrected chi connectivity index (χ0v) is 50.3. The van der Waals surface area contributed by atoms with Crippen LogP contribution in [-0.4, -0.2) is 49.3 Å². The quantitative estimate of drug-likeness (QED) is 0.0264. The Morgan fingerprint density at radius 3 is 0.959 bits per heavy atom. The first kappa shape index (κ1) is 72.8. The highest BCUT2D eigenvalue weighted by atomic mass is 31.2. The largest absolute Gasteiger partial charge is 0.472 e. The number of carbonyl (C=O) groups excluding carboxylic acids is 2. The fourth-order valence-electron chi connectivity index (χ4n) is 10.0. The standard InChI is InChI=1S/C64H126NO8P/c1-3-5-7-9-11-13-15-17-19-21-23-25-26-27-28-29-30-31-32-33-34-35-37-38-40-42-44-46-48-50-52-54-56-63(66)70-60-62(61-72-74(68,69)71-59-58-65)73-64(67)57-55-53-51-49-47-45-43-41-39-36-24-22-20-18-16-14-12-10-8-6-4-2/h22,24,62H,3-21,23,25-61,65H2,1-2H3,(H,68,69)/b24-22-. The minimum Gasteiger partial charge on any atom is -0.462 e. The molecule has 0 aliphatic carbocycles. The summed E-state index contributed by atoms with van der Waals surface area (Å²) in [4.78, 5) is 35.3. The predicted octanol–water partition coefficient (Wildman–Crippen LogP) is 20.8. The Kier molecular flexibility index (Phi) is 59.9. The van der Waals surface area contributed by atoms with Crippen LogP contribution in [0.3, 0.4) is 0 Å². The average Bonchev–Trinajstić information content (AvgIpc) is 3.39. The number of ether oxygens (including phenoxy) is 2. The second-order valence-electron chi connectivity index (χ2n) is 22.3. The Balaban J connectivity index is 3.82. The number of phosphoric acid groups is 1. The van der Waals surface area contributed by atoms with Gasteiger partial charge in [-0.3, -0.25) is 18.6 Å². The van der Waals surface area contributed by atoms with Gasteiger partial charge in [-0.1, -0.05) is 315 Å². The van der Waals surface area contributed by atoms with Gasteiger partial charge in [0, 0.05) is 19.4 Å². The number of phosphoric ester groups is 1. The molecule has 0 bridgehead atoms. The highest BCUT2D eigenvalue weighted by molar-refractivity contribution is 7.47. The molecule has 74 heavy (non-hydrogen) atoms. The fourth-order valence-corrected chi connectivity index (χ4v) is 10.8. The van der Waals surface area contributed by atoms with E-state index in [0.29, 0.717) is 6.42 Å². The van der Waals surface area contributed by atoms with E-state index in [1.807, 2.05) is 0 Å². The highest BCUT2D eigenvalue weighted by Crippen LogP contribution is 2.43. The van der Waals surface area contributed by atoms with Crippen molar-refractivity contribution in [2.75, 3.05) is 26.4 Å². The number of unbranched alkanes of at least 4 members (excludes halogenated alkanes) is 48. The Morgan fingerprint density at radius 1 is 0.392 bits per heavy atom. The Hall–Kier alpha value is -1.25. The molecular formula is C64H126NO8P. The molecule has 0 saturated carbocycles. The molecule has 2 atom stereocenters. The van der Waals surface area contributed by atoms with Crippen LogP contribution in [0.2, 0.25) is 0 Å². The third-order valence-electron chi connectivity index (χ3n) is 14.9. The summed E-state index contributed by atoms with van der Waals surface area (Å²) in [7, 11) is -4.39. The summed E-state index contributed by atoms with van der Waals surface area (Å²) in [5, 5.41) is 0. The van der Waals surface area contributed by atoms with Crippen molar-refractivity contribution in [3.8, 4) is 0 Å². The number of carbonyl (C=O) groups is 2.